The average Bonchev–Trinajstić information content (AvgIpc) is 2.93. The number of ether oxygens (including phenoxy) is 1. The maximum atomic E-state index is 13.3. The molecule has 3 aromatic rings. The average molecular weight is 544 g/mol. The topological polar surface area (TPSA) is 91.2 Å². The minimum Gasteiger partial charge on any atom is -0.463 e. The number of nitrogens with one attached hydrogen (secondary N) is 2. The van der Waals surface area contributed by atoms with Crippen molar-refractivity contribution in [2.24, 2.45) is 0 Å². The van der Waals surface area contributed by atoms with Crippen LogP contribution in [0.5, 0.6) is 0 Å². The van der Waals surface area contributed by atoms with E-state index in [4.69, 9.17) is 16.3 Å². The normalized spacial score (nSPS) is 14.9. The zero-order valence-electron chi connectivity index (χ0n) is 21.0. The number of nitriles is 1. The molecule has 0 spiro atoms. The Hall–Kier alpha value is -3.99. The van der Waals surface area contributed by atoms with E-state index in [1.54, 1.807) is 31.2 Å². The van der Waals surface area contributed by atoms with Gasteiger partial charge in [0.05, 0.1) is 46.2 Å². The number of nitrogens with zero attached hydrogens (tertiary/aromatic N) is 1. The summed E-state index contributed by atoms with van der Waals surface area (Å²) in [5, 5.41) is 17.5. The number of hydrogen-bond donors (Lipinski definition) is 2. The van der Waals surface area contributed by atoms with Crippen LogP contribution in [0.4, 0.5) is 5.69 Å². The van der Waals surface area contributed by atoms with Crippen LogP contribution in [0.15, 0.2) is 95.0 Å². The van der Waals surface area contributed by atoms with Gasteiger partial charge in [-0.1, -0.05) is 83.5 Å². The summed E-state index contributed by atoms with van der Waals surface area (Å²) in [6, 6.07) is 26.2. The number of thioether (sulfide) groups is 1. The molecule has 6 nitrogen and oxygen atoms in total. The quantitative estimate of drug-likeness (QED) is 0.319. The lowest BCUT2D eigenvalue weighted by molar-refractivity contribution is -0.138. The Morgan fingerprint density at radius 3 is 2.37 bits per heavy atom. The SMILES string of the molecule is CCOC(=O)C1=C(c2ccccc2)NC(SCC(=O)Nc2ccc(C)cc2)=C(C#N)[C@@H]1c1ccc(Cl)cc1. The number of hydrogen-bond acceptors (Lipinski definition) is 6. The first-order valence-electron chi connectivity index (χ1n) is 12.0. The number of anilines is 1. The number of carbonyl (C=O) groups is 2. The number of aryl methyl sites for hydroxylation is 1. The van der Waals surface area contributed by atoms with E-state index >= 15 is 0 Å². The van der Waals surface area contributed by atoms with Gasteiger partial charge < -0.3 is 15.4 Å². The lowest BCUT2D eigenvalue weighted by Crippen LogP contribution is -2.29. The van der Waals surface area contributed by atoms with Crippen LogP contribution in [0.3, 0.4) is 0 Å². The largest absolute Gasteiger partial charge is 0.463 e. The minimum atomic E-state index is -0.713. The first-order chi connectivity index (χ1) is 18.4. The van der Waals surface area contributed by atoms with Gasteiger partial charge in [-0.15, -0.1) is 0 Å². The summed E-state index contributed by atoms with van der Waals surface area (Å²) in [7, 11) is 0. The highest BCUT2D eigenvalue weighted by Crippen LogP contribution is 2.43. The fourth-order valence-corrected chi connectivity index (χ4v) is 5.09. The Bertz CT molecular complexity index is 1430. The number of allylic oxidation sites excluding steroid dienone is 1. The lowest BCUT2D eigenvalue weighted by atomic mass is 9.81. The number of benzene rings is 3. The summed E-state index contributed by atoms with van der Waals surface area (Å²) < 4.78 is 5.44. The van der Waals surface area contributed by atoms with E-state index in [0.29, 0.717) is 38.1 Å². The van der Waals surface area contributed by atoms with Gasteiger partial charge in [0.1, 0.15) is 0 Å². The molecule has 0 fully saturated rings. The maximum Gasteiger partial charge on any atom is 0.337 e. The third-order valence-electron chi connectivity index (χ3n) is 5.89. The molecule has 1 atom stereocenters. The molecule has 0 aromatic heterocycles. The molecular weight excluding hydrogens is 518 g/mol. The number of dihydropyridines is 1. The van der Waals surface area contributed by atoms with Crippen LogP contribution in [0, 0.1) is 18.3 Å². The molecular formula is C30H26ClN3O3S. The van der Waals surface area contributed by atoms with Gasteiger partial charge in [0.25, 0.3) is 0 Å². The van der Waals surface area contributed by atoms with Crippen molar-refractivity contribution < 1.29 is 14.3 Å². The van der Waals surface area contributed by atoms with Gasteiger partial charge in [0.2, 0.25) is 5.91 Å². The maximum absolute atomic E-state index is 13.3. The van der Waals surface area contributed by atoms with Gasteiger partial charge in [0.15, 0.2) is 0 Å². The fraction of sp³-hybridized carbons (Fsp3) is 0.167. The Kier molecular flexibility index (Phi) is 8.90. The third-order valence-corrected chi connectivity index (χ3v) is 7.16. The number of amides is 1. The van der Waals surface area contributed by atoms with E-state index in [1.165, 1.54) is 11.8 Å². The minimum absolute atomic E-state index is 0.0610. The van der Waals surface area contributed by atoms with E-state index in [2.05, 4.69) is 16.7 Å². The van der Waals surface area contributed by atoms with Crippen molar-refractivity contribution in [3.8, 4) is 6.07 Å². The van der Waals surface area contributed by atoms with Gasteiger partial charge in [0, 0.05) is 10.7 Å². The van der Waals surface area contributed by atoms with Crippen molar-refractivity contribution in [3.05, 3.63) is 117 Å². The van der Waals surface area contributed by atoms with Crippen LogP contribution in [0.1, 0.15) is 29.5 Å². The van der Waals surface area contributed by atoms with Crippen LogP contribution >= 0.6 is 23.4 Å². The Morgan fingerprint density at radius 2 is 1.74 bits per heavy atom. The standard InChI is InChI=1S/C30H26ClN3O3S/c1-3-37-30(36)27-26(20-11-13-22(31)14-12-20)24(17-32)29(34-28(27)21-7-5-4-6-8-21)38-18-25(35)33-23-15-9-19(2)10-16-23/h4-16,26,34H,3,18H2,1-2H3,(H,33,35)/t26-/m0/s1. The number of rotatable bonds is 8. The van der Waals surface area contributed by atoms with Gasteiger partial charge >= 0.3 is 5.97 Å². The van der Waals surface area contributed by atoms with Crippen molar-refractivity contribution in [3.63, 3.8) is 0 Å². The zero-order valence-corrected chi connectivity index (χ0v) is 22.5. The molecule has 3 aromatic carbocycles. The van der Waals surface area contributed by atoms with Crippen molar-refractivity contribution >= 4 is 46.6 Å². The van der Waals surface area contributed by atoms with Crippen molar-refractivity contribution in [2.75, 3.05) is 17.7 Å². The summed E-state index contributed by atoms with van der Waals surface area (Å²) in [5.41, 5.74) is 4.44. The molecule has 1 aliphatic heterocycles. The number of halogens is 1. The van der Waals surface area contributed by atoms with Gasteiger partial charge in [-0.25, -0.2) is 4.79 Å². The number of esters is 1. The molecule has 0 bridgehead atoms. The Balaban J connectivity index is 1.75. The zero-order chi connectivity index (χ0) is 27.1. The van der Waals surface area contributed by atoms with E-state index < -0.39 is 11.9 Å². The molecule has 1 aliphatic rings. The number of carbonyl (C=O) groups excluding carboxylic acids is 2. The molecule has 0 saturated carbocycles. The van der Waals surface area contributed by atoms with E-state index in [0.717, 1.165) is 11.1 Å². The molecule has 0 saturated heterocycles. The molecule has 8 heteroatoms. The molecule has 2 N–H and O–H groups in total. The molecule has 0 unspecified atom stereocenters. The Labute approximate surface area is 231 Å². The van der Waals surface area contributed by atoms with Gasteiger partial charge in [-0.2, -0.15) is 5.26 Å². The van der Waals surface area contributed by atoms with Gasteiger partial charge in [-0.3, -0.25) is 4.79 Å². The van der Waals surface area contributed by atoms with Crippen LogP contribution < -0.4 is 10.6 Å². The summed E-state index contributed by atoms with van der Waals surface area (Å²) >= 11 is 7.35. The summed E-state index contributed by atoms with van der Waals surface area (Å²) in [4.78, 5) is 26.1. The molecule has 38 heavy (non-hydrogen) atoms. The molecule has 0 radical (unpaired) electrons. The monoisotopic (exact) mass is 543 g/mol. The van der Waals surface area contributed by atoms with E-state index in [-0.39, 0.29) is 18.3 Å². The van der Waals surface area contributed by atoms with E-state index in [9.17, 15) is 14.9 Å². The van der Waals surface area contributed by atoms with Crippen molar-refractivity contribution in [1.82, 2.24) is 5.32 Å². The van der Waals surface area contributed by atoms with E-state index in [1.807, 2.05) is 61.5 Å². The van der Waals surface area contributed by atoms with Crippen LogP contribution in [0.2, 0.25) is 5.02 Å². The molecule has 192 valence electrons. The fourth-order valence-electron chi connectivity index (χ4n) is 4.12. The van der Waals surface area contributed by atoms with Crippen molar-refractivity contribution in [1.29, 1.82) is 5.26 Å². The van der Waals surface area contributed by atoms with Gasteiger partial charge in [-0.05, 0) is 49.2 Å². The molecule has 1 heterocycles. The van der Waals surface area contributed by atoms with Crippen LogP contribution in [-0.4, -0.2) is 24.2 Å². The Morgan fingerprint density at radius 1 is 1.05 bits per heavy atom. The smallest absolute Gasteiger partial charge is 0.337 e. The summed E-state index contributed by atoms with van der Waals surface area (Å²) in [6.45, 7) is 3.90. The van der Waals surface area contributed by atoms with Crippen LogP contribution in [0.25, 0.3) is 5.70 Å². The first kappa shape index (κ1) is 27.1. The third kappa shape index (κ3) is 6.28. The predicted octanol–water partition coefficient (Wildman–Crippen LogP) is 6.42. The molecule has 0 aliphatic carbocycles. The highest BCUT2D eigenvalue weighted by atomic mass is 35.5. The lowest BCUT2D eigenvalue weighted by Gasteiger charge is -2.30. The molecule has 4 rings (SSSR count). The molecule has 1 amide bonds. The second-order valence-corrected chi connectivity index (χ2v) is 9.96. The second-order valence-electron chi connectivity index (χ2n) is 8.54. The predicted molar refractivity (Wildman–Crippen MR) is 152 cm³/mol. The first-order valence-corrected chi connectivity index (χ1v) is 13.4. The summed E-state index contributed by atoms with van der Waals surface area (Å²) in [5.74, 6) is -1.39. The second kappa shape index (κ2) is 12.5. The highest BCUT2D eigenvalue weighted by Gasteiger charge is 2.37. The van der Waals surface area contributed by atoms with Crippen LogP contribution in [-0.2, 0) is 14.3 Å². The van der Waals surface area contributed by atoms with Crippen molar-refractivity contribution in [2.45, 2.75) is 19.8 Å². The summed E-state index contributed by atoms with van der Waals surface area (Å²) in [6.07, 6.45) is 0. The highest BCUT2D eigenvalue weighted by molar-refractivity contribution is 8.03.